The van der Waals surface area contributed by atoms with Gasteiger partial charge in [0.05, 0.1) is 26.6 Å². The van der Waals surface area contributed by atoms with Crippen LogP contribution in [0.5, 0.6) is 0 Å². The van der Waals surface area contributed by atoms with Crippen molar-refractivity contribution in [3.8, 4) is 0 Å². The molecule has 0 aromatic heterocycles. The molecule has 8 heteroatoms. The maximum Gasteiger partial charge on any atom is 0.271 e. The minimum absolute atomic E-state index is 0.0354. The summed E-state index contributed by atoms with van der Waals surface area (Å²) in [5, 5.41) is 22.8. The molecule has 0 saturated carbocycles. The lowest BCUT2D eigenvalue weighted by Gasteiger charge is -2.14. The Balaban J connectivity index is 2.85. The van der Waals surface area contributed by atoms with E-state index in [1.54, 1.807) is 0 Å². The lowest BCUT2D eigenvalue weighted by Crippen LogP contribution is -2.33. The quantitative estimate of drug-likeness (QED) is 0.617. The monoisotopic (exact) mass is 334 g/mol. The zero-order valence-electron chi connectivity index (χ0n) is 11.6. The summed E-state index contributed by atoms with van der Waals surface area (Å²) in [6.07, 6.45) is -0.161. The van der Waals surface area contributed by atoms with Gasteiger partial charge >= 0.3 is 0 Å². The van der Waals surface area contributed by atoms with Gasteiger partial charge < -0.3 is 10.4 Å². The fourth-order valence-electron chi connectivity index (χ4n) is 1.78. The Morgan fingerprint density at radius 1 is 1.43 bits per heavy atom. The molecule has 6 nitrogen and oxygen atoms in total. The molecule has 0 aliphatic carbocycles. The van der Waals surface area contributed by atoms with E-state index in [1.807, 2.05) is 13.8 Å². The van der Waals surface area contributed by atoms with E-state index >= 15 is 0 Å². The molecule has 116 valence electrons. The van der Waals surface area contributed by atoms with Crippen LogP contribution in [0.1, 0.15) is 30.6 Å². The molecule has 1 rings (SSSR count). The van der Waals surface area contributed by atoms with E-state index in [9.17, 15) is 20.0 Å². The van der Waals surface area contributed by atoms with Crippen LogP contribution in [0.15, 0.2) is 12.1 Å². The first kappa shape index (κ1) is 17.7. The third kappa shape index (κ3) is 5.15. The van der Waals surface area contributed by atoms with Crippen LogP contribution in [0.25, 0.3) is 0 Å². The van der Waals surface area contributed by atoms with Gasteiger partial charge in [-0.3, -0.25) is 14.9 Å². The predicted octanol–water partition coefficient (Wildman–Crippen LogP) is 3.04. The smallest absolute Gasteiger partial charge is 0.271 e. The summed E-state index contributed by atoms with van der Waals surface area (Å²) in [5.74, 6) is -0.332. The average Bonchev–Trinajstić information content (AvgIpc) is 2.37. The number of rotatable bonds is 6. The molecular formula is C13H16Cl2N2O4. The Hall–Kier alpha value is -1.37. The summed E-state index contributed by atoms with van der Waals surface area (Å²) in [6, 6.07) is 2.13. The van der Waals surface area contributed by atoms with Crippen molar-refractivity contribution < 1.29 is 14.8 Å². The number of aliphatic hydroxyl groups excluding tert-OH is 1. The number of halogens is 2. The number of nitrogens with zero attached hydrogens (tertiary/aromatic N) is 1. The third-order valence-corrected chi connectivity index (χ3v) is 3.51. The Labute approximate surface area is 132 Å². The summed E-state index contributed by atoms with van der Waals surface area (Å²) in [5.41, 5.74) is -0.412. The van der Waals surface area contributed by atoms with Crippen LogP contribution in [0.4, 0.5) is 5.69 Å². The van der Waals surface area contributed by atoms with Gasteiger partial charge in [0.2, 0.25) is 0 Å². The van der Waals surface area contributed by atoms with Crippen molar-refractivity contribution in [1.29, 1.82) is 0 Å². The number of nitro benzene ring substituents is 1. The molecule has 0 saturated heterocycles. The van der Waals surface area contributed by atoms with Gasteiger partial charge in [0.25, 0.3) is 11.6 Å². The number of carbonyl (C=O) groups is 1. The van der Waals surface area contributed by atoms with Gasteiger partial charge in [-0.25, -0.2) is 0 Å². The van der Waals surface area contributed by atoms with Crippen molar-refractivity contribution in [3.63, 3.8) is 0 Å². The fraction of sp³-hybridized carbons (Fsp3) is 0.462. The van der Waals surface area contributed by atoms with Gasteiger partial charge in [-0.2, -0.15) is 0 Å². The maximum atomic E-state index is 12.0. The summed E-state index contributed by atoms with van der Waals surface area (Å²) in [7, 11) is 0. The van der Waals surface area contributed by atoms with E-state index in [0.29, 0.717) is 6.42 Å². The number of amides is 1. The number of hydrogen-bond acceptors (Lipinski definition) is 4. The Morgan fingerprint density at radius 3 is 2.57 bits per heavy atom. The second-order valence-corrected chi connectivity index (χ2v) is 5.82. The zero-order chi connectivity index (χ0) is 16.2. The van der Waals surface area contributed by atoms with Crippen LogP contribution < -0.4 is 5.32 Å². The van der Waals surface area contributed by atoms with Crippen molar-refractivity contribution in [1.82, 2.24) is 5.32 Å². The zero-order valence-corrected chi connectivity index (χ0v) is 13.1. The first-order valence-electron chi connectivity index (χ1n) is 6.32. The molecule has 1 unspecified atom stereocenters. The van der Waals surface area contributed by atoms with Crippen LogP contribution in [-0.2, 0) is 0 Å². The first-order valence-corrected chi connectivity index (χ1v) is 7.07. The molecule has 1 amide bonds. The molecule has 0 fully saturated rings. The molecule has 0 bridgehead atoms. The molecule has 1 atom stereocenters. The third-order valence-electron chi connectivity index (χ3n) is 2.71. The van der Waals surface area contributed by atoms with Gasteiger partial charge in [0, 0.05) is 18.7 Å². The maximum absolute atomic E-state index is 12.0. The van der Waals surface area contributed by atoms with E-state index in [-0.39, 0.29) is 33.8 Å². The van der Waals surface area contributed by atoms with Crippen LogP contribution in [0, 0.1) is 16.0 Å². The summed E-state index contributed by atoms with van der Waals surface area (Å²) >= 11 is 11.7. The van der Waals surface area contributed by atoms with Crippen molar-refractivity contribution >= 4 is 34.8 Å². The van der Waals surface area contributed by atoms with Crippen LogP contribution in [0.2, 0.25) is 10.0 Å². The number of nitro groups is 1. The second kappa shape index (κ2) is 7.59. The average molecular weight is 335 g/mol. The molecule has 2 N–H and O–H groups in total. The van der Waals surface area contributed by atoms with Crippen LogP contribution in [0.3, 0.4) is 0 Å². The SMILES string of the molecule is CC(C)CC(O)CNC(=O)c1cc([N+](=O)[O-])cc(Cl)c1Cl. The normalized spacial score (nSPS) is 12.3. The molecular weight excluding hydrogens is 319 g/mol. The van der Waals surface area contributed by atoms with Crippen molar-refractivity contribution in [2.45, 2.75) is 26.4 Å². The Bertz CT molecular complexity index is 549. The van der Waals surface area contributed by atoms with Crippen LogP contribution in [-0.4, -0.2) is 28.6 Å². The van der Waals surface area contributed by atoms with E-state index in [1.165, 1.54) is 0 Å². The molecule has 0 spiro atoms. The largest absolute Gasteiger partial charge is 0.391 e. The lowest BCUT2D eigenvalue weighted by molar-refractivity contribution is -0.384. The van der Waals surface area contributed by atoms with E-state index in [0.717, 1.165) is 12.1 Å². The van der Waals surface area contributed by atoms with E-state index in [2.05, 4.69) is 5.32 Å². The lowest BCUT2D eigenvalue weighted by atomic mass is 10.1. The van der Waals surface area contributed by atoms with Crippen molar-refractivity contribution in [3.05, 3.63) is 37.9 Å². The van der Waals surface area contributed by atoms with Gasteiger partial charge in [0.15, 0.2) is 0 Å². The Morgan fingerprint density at radius 2 is 2.05 bits per heavy atom. The molecule has 0 heterocycles. The highest BCUT2D eigenvalue weighted by molar-refractivity contribution is 6.44. The first-order chi connectivity index (χ1) is 9.72. The van der Waals surface area contributed by atoms with E-state index < -0.39 is 16.9 Å². The number of carbonyl (C=O) groups excluding carboxylic acids is 1. The molecule has 0 radical (unpaired) electrons. The summed E-state index contributed by atoms with van der Waals surface area (Å²) in [4.78, 5) is 22.1. The predicted molar refractivity (Wildman–Crippen MR) is 80.9 cm³/mol. The fourth-order valence-corrected chi connectivity index (χ4v) is 2.19. The highest BCUT2D eigenvalue weighted by Gasteiger charge is 2.20. The number of nitrogens with one attached hydrogen (secondary N) is 1. The summed E-state index contributed by atoms with van der Waals surface area (Å²) < 4.78 is 0. The molecule has 0 aliphatic rings. The number of aliphatic hydroxyl groups is 1. The number of non-ortho nitro benzene ring substituents is 1. The molecule has 0 aliphatic heterocycles. The number of benzene rings is 1. The van der Waals surface area contributed by atoms with Gasteiger partial charge in [-0.15, -0.1) is 0 Å². The Kier molecular flexibility index (Phi) is 6.39. The minimum atomic E-state index is -0.693. The summed E-state index contributed by atoms with van der Waals surface area (Å²) in [6.45, 7) is 3.93. The van der Waals surface area contributed by atoms with Gasteiger partial charge in [-0.05, 0) is 12.3 Å². The molecule has 1 aromatic rings. The van der Waals surface area contributed by atoms with Crippen LogP contribution >= 0.6 is 23.2 Å². The second-order valence-electron chi connectivity index (χ2n) is 5.04. The molecule has 1 aromatic carbocycles. The topological polar surface area (TPSA) is 92.5 Å². The van der Waals surface area contributed by atoms with Gasteiger partial charge in [-0.1, -0.05) is 37.0 Å². The molecule has 21 heavy (non-hydrogen) atoms. The van der Waals surface area contributed by atoms with E-state index in [4.69, 9.17) is 23.2 Å². The van der Waals surface area contributed by atoms with Gasteiger partial charge in [0.1, 0.15) is 0 Å². The highest BCUT2D eigenvalue weighted by atomic mass is 35.5. The highest BCUT2D eigenvalue weighted by Crippen LogP contribution is 2.30. The standard InChI is InChI=1S/C13H16Cl2N2O4/c1-7(2)3-9(18)6-16-13(19)10-4-8(17(20)21)5-11(14)12(10)15/h4-5,7,9,18H,3,6H2,1-2H3,(H,16,19). The van der Waals surface area contributed by atoms with Crippen molar-refractivity contribution in [2.75, 3.05) is 6.54 Å². The van der Waals surface area contributed by atoms with Crippen molar-refractivity contribution in [2.24, 2.45) is 5.92 Å². The minimum Gasteiger partial charge on any atom is -0.391 e. The number of hydrogen-bond donors (Lipinski definition) is 2.